The molecule has 0 fully saturated rings. The second-order valence-corrected chi connectivity index (χ2v) is 7.84. The molecule has 106 valence electrons. The van der Waals surface area contributed by atoms with Gasteiger partial charge < -0.3 is 5.32 Å². The Balaban J connectivity index is 1.88. The van der Waals surface area contributed by atoms with Crippen molar-refractivity contribution in [3.8, 4) is 0 Å². The van der Waals surface area contributed by atoms with Crippen LogP contribution in [0.4, 0.5) is 0 Å². The molecule has 0 spiro atoms. The van der Waals surface area contributed by atoms with Crippen LogP contribution in [0.5, 0.6) is 0 Å². The van der Waals surface area contributed by atoms with Crippen molar-refractivity contribution in [1.82, 2.24) is 5.32 Å². The summed E-state index contributed by atoms with van der Waals surface area (Å²) in [6, 6.07) is 17.8. The highest BCUT2D eigenvalue weighted by Crippen LogP contribution is 2.22. The van der Waals surface area contributed by atoms with E-state index in [-0.39, 0.29) is 0 Å². The molecule has 2 aromatic carbocycles. The van der Waals surface area contributed by atoms with Crippen molar-refractivity contribution in [1.29, 1.82) is 0 Å². The number of rotatable bonds is 6. The minimum atomic E-state index is 0.490. The predicted octanol–water partition coefficient (Wildman–Crippen LogP) is 4.98. The summed E-state index contributed by atoms with van der Waals surface area (Å²) in [6.07, 6.45) is 1.07. The molecule has 2 aromatic rings. The monoisotopic (exact) mass is 461 g/mol. The number of benzene rings is 2. The highest BCUT2D eigenvalue weighted by Gasteiger charge is 2.08. The van der Waals surface area contributed by atoms with Crippen LogP contribution in [0.15, 0.2) is 57.9 Å². The average molecular weight is 462 g/mol. The largest absolute Gasteiger partial charge is 0.316 e. The van der Waals surface area contributed by atoms with Crippen molar-refractivity contribution in [2.45, 2.75) is 17.4 Å². The number of nitrogens with one attached hydrogen (secondary N) is 1. The Morgan fingerprint density at radius 2 is 1.75 bits per heavy atom. The number of hydrogen-bond acceptors (Lipinski definition) is 2. The van der Waals surface area contributed by atoms with Crippen molar-refractivity contribution in [3.05, 3.63) is 62.1 Å². The zero-order valence-corrected chi connectivity index (χ0v) is 15.8. The van der Waals surface area contributed by atoms with E-state index in [1.165, 1.54) is 14.0 Å². The minimum Gasteiger partial charge on any atom is -0.316 e. The lowest BCUT2D eigenvalue weighted by molar-refractivity contribution is 0.617. The van der Waals surface area contributed by atoms with Crippen LogP contribution in [-0.2, 0) is 6.42 Å². The third-order valence-electron chi connectivity index (χ3n) is 3.07. The van der Waals surface area contributed by atoms with Gasteiger partial charge in [-0.3, -0.25) is 0 Å². The van der Waals surface area contributed by atoms with E-state index in [9.17, 15) is 0 Å². The third kappa shape index (κ3) is 5.39. The minimum absolute atomic E-state index is 0.490. The van der Waals surface area contributed by atoms with E-state index in [0.717, 1.165) is 16.6 Å². The van der Waals surface area contributed by atoms with Crippen LogP contribution in [-0.4, -0.2) is 18.8 Å². The van der Waals surface area contributed by atoms with Gasteiger partial charge in [0.05, 0.1) is 0 Å². The lowest BCUT2D eigenvalue weighted by Crippen LogP contribution is -2.30. The molecule has 0 heterocycles. The van der Waals surface area contributed by atoms with Gasteiger partial charge >= 0.3 is 0 Å². The summed E-state index contributed by atoms with van der Waals surface area (Å²) < 4.78 is 2.42. The molecular weight excluding hydrogens is 445 g/mol. The topological polar surface area (TPSA) is 12.0 Å². The first-order chi connectivity index (χ1) is 9.67. The molecule has 1 unspecified atom stereocenters. The molecule has 0 aliphatic rings. The average Bonchev–Trinajstić information content (AvgIpc) is 2.47. The van der Waals surface area contributed by atoms with Crippen LogP contribution < -0.4 is 5.32 Å². The number of halogens is 2. The maximum absolute atomic E-state index is 3.47. The molecule has 0 aliphatic carbocycles. The van der Waals surface area contributed by atoms with Gasteiger partial charge in [-0.05, 0) is 78.0 Å². The van der Waals surface area contributed by atoms with Gasteiger partial charge in [0.1, 0.15) is 0 Å². The molecule has 1 N–H and O–H groups in total. The molecule has 0 saturated heterocycles. The summed E-state index contributed by atoms with van der Waals surface area (Å²) in [7, 11) is 2.04. The van der Waals surface area contributed by atoms with Gasteiger partial charge in [-0.15, -0.1) is 11.8 Å². The molecule has 0 aliphatic heterocycles. The van der Waals surface area contributed by atoms with Gasteiger partial charge in [0.15, 0.2) is 0 Å². The first-order valence-corrected chi connectivity index (χ1v) is 9.33. The fourth-order valence-electron chi connectivity index (χ4n) is 1.88. The molecule has 0 aromatic heterocycles. The lowest BCUT2D eigenvalue weighted by Gasteiger charge is -2.16. The summed E-state index contributed by atoms with van der Waals surface area (Å²) >= 11 is 7.71. The third-order valence-corrected chi connectivity index (χ3v) is 5.49. The van der Waals surface area contributed by atoms with Crippen LogP contribution in [0.25, 0.3) is 0 Å². The molecule has 20 heavy (non-hydrogen) atoms. The van der Waals surface area contributed by atoms with Crippen molar-refractivity contribution in [3.63, 3.8) is 0 Å². The molecule has 1 nitrogen and oxygen atoms in total. The van der Waals surface area contributed by atoms with E-state index in [1.54, 1.807) is 0 Å². The lowest BCUT2D eigenvalue weighted by atomic mass is 10.1. The van der Waals surface area contributed by atoms with Gasteiger partial charge in [0.2, 0.25) is 0 Å². The predicted molar refractivity (Wildman–Crippen MR) is 101 cm³/mol. The SMILES string of the molecule is CNC(CSc1ccc(Br)cc1)Cc1ccc(I)cc1. The van der Waals surface area contributed by atoms with Crippen molar-refractivity contribution in [2.75, 3.05) is 12.8 Å². The molecule has 0 bridgehead atoms. The van der Waals surface area contributed by atoms with Crippen LogP contribution in [0.1, 0.15) is 5.56 Å². The van der Waals surface area contributed by atoms with Crippen molar-refractivity contribution >= 4 is 50.3 Å². The summed E-state index contributed by atoms with van der Waals surface area (Å²) in [4.78, 5) is 1.32. The zero-order valence-electron chi connectivity index (χ0n) is 11.3. The number of hydrogen-bond donors (Lipinski definition) is 1. The van der Waals surface area contributed by atoms with E-state index in [4.69, 9.17) is 0 Å². The van der Waals surface area contributed by atoms with Crippen LogP contribution in [0.3, 0.4) is 0 Å². The van der Waals surface area contributed by atoms with Gasteiger partial charge in [0.25, 0.3) is 0 Å². The normalized spacial score (nSPS) is 12.3. The highest BCUT2D eigenvalue weighted by molar-refractivity contribution is 14.1. The Morgan fingerprint density at radius 1 is 1.10 bits per heavy atom. The fraction of sp³-hybridized carbons (Fsp3) is 0.250. The van der Waals surface area contributed by atoms with E-state index >= 15 is 0 Å². The smallest absolute Gasteiger partial charge is 0.0199 e. The molecule has 0 saturated carbocycles. The maximum atomic E-state index is 3.47. The van der Waals surface area contributed by atoms with E-state index in [1.807, 2.05) is 18.8 Å². The molecule has 0 amide bonds. The van der Waals surface area contributed by atoms with E-state index < -0.39 is 0 Å². The molecule has 2 rings (SSSR count). The molecule has 0 radical (unpaired) electrons. The van der Waals surface area contributed by atoms with Crippen molar-refractivity contribution < 1.29 is 0 Å². The van der Waals surface area contributed by atoms with E-state index in [2.05, 4.69) is 92.4 Å². The van der Waals surface area contributed by atoms with Crippen molar-refractivity contribution in [2.24, 2.45) is 0 Å². The van der Waals surface area contributed by atoms with Crippen LogP contribution in [0.2, 0.25) is 0 Å². The summed E-state index contributed by atoms with van der Waals surface area (Å²) in [5.41, 5.74) is 1.39. The fourth-order valence-corrected chi connectivity index (χ4v) is 3.51. The quantitative estimate of drug-likeness (QED) is 0.481. The first-order valence-electron chi connectivity index (χ1n) is 6.47. The molecular formula is C16H17BrINS. The Labute approximate surface area is 147 Å². The summed E-state index contributed by atoms with van der Waals surface area (Å²) in [6.45, 7) is 0. The van der Waals surface area contributed by atoms with Gasteiger partial charge in [-0.25, -0.2) is 0 Å². The summed E-state index contributed by atoms with van der Waals surface area (Å²) in [5, 5.41) is 3.41. The first kappa shape index (κ1) is 16.3. The van der Waals surface area contributed by atoms with Gasteiger partial charge in [-0.2, -0.15) is 0 Å². The van der Waals surface area contributed by atoms with Crippen LogP contribution in [0, 0.1) is 3.57 Å². The number of likely N-dealkylation sites (N-methyl/N-ethyl adjacent to an activating group) is 1. The zero-order chi connectivity index (χ0) is 14.4. The Hall–Kier alpha value is -0.0400. The standard InChI is InChI=1S/C16H17BrINS/c1-19-15(10-12-2-6-14(18)7-3-12)11-20-16-8-4-13(17)5-9-16/h2-9,15,19H,10-11H2,1H3. The molecule has 1 atom stereocenters. The van der Waals surface area contributed by atoms with Gasteiger partial charge in [-0.1, -0.05) is 28.1 Å². The Morgan fingerprint density at radius 3 is 2.35 bits per heavy atom. The Kier molecular flexibility index (Phi) is 6.87. The second-order valence-electron chi connectivity index (χ2n) is 4.58. The highest BCUT2D eigenvalue weighted by atomic mass is 127. The maximum Gasteiger partial charge on any atom is 0.0199 e. The van der Waals surface area contributed by atoms with Gasteiger partial charge in [0, 0.05) is 24.7 Å². The Bertz CT molecular complexity index is 527. The van der Waals surface area contributed by atoms with E-state index in [0.29, 0.717) is 6.04 Å². The molecule has 4 heteroatoms. The summed E-state index contributed by atoms with van der Waals surface area (Å²) in [5.74, 6) is 1.07. The van der Waals surface area contributed by atoms with Crippen LogP contribution >= 0.6 is 50.3 Å². The second kappa shape index (κ2) is 8.41. The number of thioether (sulfide) groups is 1.